The second kappa shape index (κ2) is 4.98. The van der Waals surface area contributed by atoms with Crippen LogP contribution in [-0.4, -0.2) is 16.7 Å². The molecular formula is C13H17ClN2O. The number of nitrogens with zero attached hydrogens (tertiary/aromatic N) is 1. The number of benzene rings is 1. The lowest BCUT2D eigenvalue weighted by Gasteiger charge is -2.19. The van der Waals surface area contributed by atoms with Crippen LogP contribution in [0.4, 0.5) is 0 Å². The van der Waals surface area contributed by atoms with Crippen molar-refractivity contribution < 1.29 is 5.11 Å². The van der Waals surface area contributed by atoms with Crippen LogP contribution >= 0.6 is 11.6 Å². The van der Waals surface area contributed by atoms with E-state index in [1.165, 1.54) is 0 Å². The Hall–Kier alpha value is -1.19. The van der Waals surface area contributed by atoms with Crippen LogP contribution in [0.2, 0.25) is 5.02 Å². The highest BCUT2D eigenvalue weighted by molar-refractivity contribution is 6.30. The smallest absolute Gasteiger partial charge is 0.120 e. The normalized spacial score (nSPS) is 20.5. The predicted molar refractivity (Wildman–Crippen MR) is 69.6 cm³/mol. The third-order valence-electron chi connectivity index (χ3n) is 3.21. The second-order valence-electron chi connectivity index (χ2n) is 4.41. The lowest BCUT2D eigenvalue weighted by Crippen LogP contribution is -2.27. The van der Waals surface area contributed by atoms with Crippen molar-refractivity contribution in [3.8, 4) is 0 Å². The Morgan fingerprint density at radius 3 is 2.88 bits per heavy atom. The van der Waals surface area contributed by atoms with Gasteiger partial charge in [-0.1, -0.05) is 30.7 Å². The summed E-state index contributed by atoms with van der Waals surface area (Å²) in [7, 11) is 0. The van der Waals surface area contributed by atoms with Gasteiger partial charge in [-0.3, -0.25) is 0 Å². The highest BCUT2D eigenvalue weighted by Crippen LogP contribution is 2.30. The van der Waals surface area contributed by atoms with Gasteiger partial charge < -0.3 is 10.1 Å². The molecule has 0 amide bonds. The Labute approximate surface area is 106 Å². The van der Waals surface area contributed by atoms with Gasteiger partial charge in [0.25, 0.3) is 0 Å². The molecule has 1 fully saturated rings. The van der Waals surface area contributed by atoms with E-state index in [-0.39, 0.29) is 5.92 Å². The molecule has 1 aliphatic rings. The number of aliphatic hydroxyl groups is 1. The molecule has 0 bridgehead atoms. The van der Waals surface area contributed by atoms with E-state index in [0.29, 0.717) is 10.8 Å². The molecule has 4 heteroatoms. The van der Waals surface area contributed by atoms with E-state index < -0.39 is 0 Å². The van der Waals surface area contributed by atoms with Crippen molar-refractivity contribution in [3.63, 3.8) is 0 Å². The zero-order chi connectivity index (χ0) is 12.4. The summed E-state index contributed by atoms with van der Waals surface area (Å²) >= 11 is 5.95. The first-order valence-corrected chi connectivity index (χ1v) is 6.17. The van der Waals surface area contributed by atoms with Gasteiger partial charge in [0.2, 0.25) is 0 Å². The minimum atomic E-state index is -0.0761. The molecule has 1 aromatic carbocycles. The fourth-order valence-corrected chi connectivity index (χ4v) is 2.35. The number of hydrogen-bond acceptors (Lipinski definition) is 3. The quantitative estimate of drug-likeness (QED) is 0.628. The summed E-state index contributed by atoms with van der Waals surface area (Å²) < 4.78 is 0. The maximum Gasteiger partial charge on any atom is 0.120 e. The van der Waals surface area contributed by atoms with Crippen molar-refractivity contribution in [1.29, 1.82) is 0 Å². The largest absolute Gasteiger partial charge is 0.510 e. The number of hydrazine groups is 1. The van der Waals surface area contributed by atoms with E-state index in [0.717, 1.165) is 30.6 Å². The third-order valence-corrected chi connectivity index (χ3v) is 3.45. The first-order chi connectivity index (χ1) is 8.09. The molecule has 1 unspecified atom stereocenters. The molecule has 0 radical (unpaired) electrons. The number of rotatable bonds is 2. The Kier molecular flexibility index (Phi) is 3.60. The van der Waals surface area contributed by atoms with Crippen molar-refractivity contribution in [2.45, 2.75) is 25.7 Å². The van der Waals surface area contributed by atoms with Crippen molar-refractivity contribution in [2.24, 2.45) is 5.84 Å². The monoisotopic (exact) mass is 252 g/mol. The number of aliphatic hydroxyl groups excluding tert-OH is 1. The topological polar surface area (TPSA) is 49.5 Å². The lowest BCUT2D eigenvalue weighted by molar-refractivity contribution is 0.322. The Morgan fingerprint density at radius 2 is 2.29 bits per heavy atom. The molecule has 17 heavy (non-hydrogen) atoms. The Bertz CT molecular complexity index is 445. The van der Waals surface area contributed by atoms with Gasteiger partial charge in [-0.05, 0) is 30.5 Å². The van der Waals surface area contributed by atoms with E-state index in [4.69, 9.17) is 17.4 Å². The van der Waals surface area contributed by atoms with Gasteiger partial charge in [0, 0.05) is 17.5 Å². The molecule has 0 aromatic heterocycles. The van der Waals surface area contributed by atoms with Crippen molar-refractivity contribution in [2.75, 3.05) is 6.54 Å². The molecule has 0 aliphatic carbocycles. The van der Waals surface area contributed by atoms with Gasteiger partial charge in [-0.2, -0.15) is 0 Å². The first kappa shape index (κ1) is 12.3. The van der Waals surface area contributed by atoms with Gasteiger partial charge in [-0.15, -0.1) is 0 Å². The SMILES string of the molecule is CC(/C(O)=C1/CCCN1N)c1cccc(Cl)c1. The molecule has 1 saturated heterocycles. The van der Waals surface area contributed by atoms with Crippen LogP contribution in [0, 0.1) is 0 Å². The zero-order valence-corrected chi connectivity index (χ0v) is 10.6. The maximum absolute atomic E-state index is 10.2. The van der Waals surface area contributed by atoms with Crippen LogP contribution in [0.3, 0.4) is 0 Å². The van der Waals surface area contributed by atoms with Crippen LogP contribution in [-0.2, 0) is 0 Å². The summed E-state index contributed by atoms with van der Waals surface area (Å²) in [5, 5.41) is 12.6. The standard InChI is InChI=1S/C13H17ClN2O/c1-9(10-4-2-5-11(14)8-10)13(17)12-6-3-7-16(12)15/h2,4-5,8-9,17H,3,6-7,15H2,1H3/b13-12+. The molecule has 92 valence electrons. The predicted octanol–water partition coefficient (Wildman–Crippen LogP) is 3.18. The molecule has 1 heterocycles. The van der Waals surface area contributed by atoms with Crippen molar-refractivity contribution >= 4 is 11.6 Å². The van der Waals surface area contributed by atoms with E-state index in [1.807, 2.05) is 31.2 Å². The molecule has 1 atom stereocenters. The minimum absolute atomic E-state index is 0.0761. The van der Waals surface area contributed by atoms with Crippen molar-refractivity contribution in [3.05, 3.63) is 46.3 Å². The number of allylic oxidation sites excluding steroid dienone is 2. The van der Waals surface area contributed by atoms with Gasteiger partial charge in [0.15, 0.2) is 0 Å². The summed E-state index contributed by atoms with van der Waals surface area (Å²) in [6.45, 7) is 2.77. The summed E-state index contributed by atoms with van der Waals surface area (Å²) in [6.07, 6.45) is 1.84. The molecule has 1 aromatic rings. The summed E-state index contributed by atoms with van der Waals surface area (Å²) in [4.78, 5) is 0. The molecule has 0 saturated carbocycles. The van der Waals surface area contributed by atoms with E-state index in [9.17, 15) is 5.11 Å². The average Bonchev–Trinajstić information content (AvgIpc) is 2.73. The molecule has 3 N–H and O–H groups in total. The highest BCUT2D eigenvalue weighted by Gasteiger charge is 2.22. The highest BCUT2D eigenvalue weighted by atomic mass is 35.5. The average molecular weight is 253 g/mol. The maximum atomic E-state index is 10.2. The van der Waals surface area contributed by atoms with Crippen LogP contribution < -0.4 is 5.84 Å². The zero-order valence-electron chi connectivity index (χ0n) is 9.86. The Morgan fingerprint density at radius 1 is 1.53 bits per heavy atom. The van der Waals surface area contributed by atoms with Gasteiger partial charge in [-0.25, -0.2) is 5.84 Å². The summed E-state index contributed by atoms with van der Waals surface area (Å²) in [5.41, 5.74) is 1.85. The van der Waals surface area contributed by atoms with Crippen LogP contribution in [0.5, 0.6) is 0 Å². The third kappa shape index (κ3) is 2.56. The van der Waals surface area contributed by atoms with Gasteiger partial charge in [0.1, 0.15) is 5.76 Å². The lowest BCUT2D eigenvalue weighted by atomic mass is 9.97. The van der Waals surface area contributed by atoms with E-state index in [2.05, 4.69) is 0 Å². The van der Waals surface area contributed by atoms with Gasteiger partial charge >= 0.3 is 0 Å². The first-order valence-electron chi connectivity index (χ1n) is 5.79. The van der Waals surface area contributed by atoms with Crippen molar-refractivity contribution in [1.82, 2.24) is 5.01 Å². The van der Waals surface area contributed by atoms with E-state index >= 15 is 0 Å². The molecule has 3 nitrogen and oxygen atoms in total. The second-order valence-corrected chi connectivity index (χ2v) is 4.84. The summed E-state index contributed by atoms with van der Waals surface area (Å²) in [6, 6.07) is 7.55. The molecular weight excluding hydrogens is 236 g/mol. The number of nitrogens with two attached hydrogens (primary N) is 1. The van der Waals surface area contributed by atoms with Crippen LogP contribution in [0.15, 0.2) is 35.7 Å². The minimum Gasteiger partial charge on any atom is -0.510 e. The fourth-order valence-electron chi connectivity index (χ4n) is 2.15. The Balaban J connectivity index is 2.28. The van der Waals surface area contributed by atoms with E-state index in [1.54, 1.807) is 5.01 Å². The number of hydrogen-bond donors (Lipinski definition) is 2. The van der Waals surface area contributed by atoms with Gasteiger partial charge in [0.05, 0.1) is 5.70 Å². The summed E-state index contributed by atoms with van der Waals surface area (Å²) in [5.74, 6) is 6.09. The molecule has 0 spiro atoms. The molecule has 1 aliphatic heterocycles. The fraction of sp³-hybridized carbons (Fsp3) is 0.385. The van der Waals surface area contributed by atoms with Crippen LogP contribution in [0.25, 0.3) is 0 Å². The number of halogens is 1. The van der Waals surface area contributed by atoms with Crippen LogP contribution in [0.1, 0.15) is 31.2 Å². The molecule has 2 rings (SSSR count).